The van der Waals surface area contributed by atoms with E-state index in [1.807, 2.05) is 13.8 Å². The maximum atomic E-state index is 11.7. The molecule has 2 heterocycles. The third-order valence-corrected chi connectivity index (χ3v) is 5.42. The first-order chi connectivity index (χ1) is 10.4. The van der Waals surface area contributed by atoms with E-state index >= 15 is 0 Å². The summed E-state index contributed by atoms with van der Waals surface area (Å²) in [7, 11) is 0. The number of rotatable bonds is 5. The fraction of sp³-hybridized carbons (Fsp3) is 0.824. The van der Waals surface area contributed by atoms with Crippen molar-refractivity contribution in [2.75, 3.05) is 0 Å². The van der Waals surface area contributed by atoms with E-state index in [0.29, 0.717) is 18.4 Å². The number of aldehydes is 1. The first-order valence-electron chi connectivity index (χ1n) is 8.27. The molecule has 3 rings (SSSR count). The van der Waals surface area contributed by atoms with Gasteiger partial charge in [-0.1, -0.05) is 19.8 Å². The molecule has 2 saturated heterocycles. The van der Waals surface area contributed by atoms with E-state index in [0.717, 1.165) is 31.1 Å². The van der Waals surface area contributed by atoms with Crippen molar-refractivity contribution in [2.24, 2.45) is 0 Å². The predicted molar refractivity (Wildman–Crippen MR) is 80.4 cm³/mol. The number of aliphatic hydroxyl groups excluding tert-OH is 2. The van der Waals surface area contributed by atoms with Gasteiger partial charge in [-0.2, -0.15) is 0 Å². The second-order valence-electron chi connectivity index (χ2n) is 7.32. The van der Waals surface area contributed by atoms with Crippen LogP contribution in [0.5, 0.6) is 0 Å². The van der Waals surface area contributed by atoms with E-state index in [4.69, 9.17) is 9.47 Å². The molecule has 0 amide bonds. The SMILES string of the molecule is CCCCCC1=C(C=O)[C@H]2OC(C)(C)[C@H](O)C[C@@]23O[C@H]3[C@@H]1O. The summed E-state index contributed by atoms with van der Waals surface area (Å²) in [5.74, 6) is 0. The fourth-order valence-corrected chi connectivity index (χ4v) is 3.89. The maximum Gasteiger partial charge on any atom is 0.148 e. The van der Waals surface area contributed by atoms with Crippen LogP contribution in [0.2, 0.25) is 0 Å². The molecule has 1 aliphatic carbocycles. The number of ether oxygens (including phenoxy) is 2. The standard InChI is InChI=1S/C17H26O5/c1-4-5-6-7-10-11(9-18)14-17(15(22-17)13(10)20)8-12(19)16(2,3)21-14/h9,12-15,19-20H,4-8H2,1-3H3/t12-,13-,14-,15+,17-/m1/s1. The molecule has 0 saturated carbocycles. The normalized spacial score (nSPS) is 42.6. The summed E-state index contributed by atoms with van der Waals surface area (Å²) >= 11 is 0. The molecule has 22 heavy (non-hydrogen) atoms. The van der Waals surface area contributed by atoms with Crippen LogP contribution in [0.15, 0.2) is 11.1 Å². The highest BCUT2D eigenvalue weighted by atomic mass is 16.7. The van der Waals surface area contributed by atoms with E-state index in [2.05, 4.69) is 6.92 Å². The van der Waals surface area contributed by atoms with Crippen LogP contribution in [0, 0.1) is 0 Å². The summed E-state index contributed by atoms with van der Waals surface area (Å²) in [6.07, 6.45) is 2.73. The summed E-state index contributed by atoms with van der Waals surface area (Å²) in [5.41, 5.74) is -0.160. The zero-order valence-electron chi connectivity index (χ0n) is 13.5. The Morgan fingerprint density at radius 2 is 2.00 bits per heavy atom. The maximum absolute atomic E-state index is 11.7. The number of hydrogen-bond donors (Lipinski definition) is 2. The van der Waals surface area contributed by atoms with Crippen LogP contribution in [0.25, 0.3) is 0 Å². The molecular formula is C17H26O5. The van der Waals surface area contributed by atoms with Gasteiger partial charge in [0.1, 0.15) is 30.2 Å². The van der Waals surface area contributed by atoms with E-state index in [1.54, 1.807) is 0 Å². The number of carbonyl (C=O) groups excluding carboxylic acids is 1. The van der Waals surface area contributed by atoms with Crippen molar-refractivity contribution < 1.29 is 24.5 Å². The largest absolute Gasteiger partial charge is 0.390 e. The molecule has 5 heteroatoms. The summed E-state index contributed by atoms with van der Waals surface area (Å²) in [6, 6.07) is 0. The molecule has 1 spiro atoms. The Morgan fingerprint density at radius 1 is 1.27 bits per heavy atom. The molecule has 0 aromatic rings. The molecule has 0 radical (unpaired) electrons. The van der Waals surface area contributed by atoms with Gasteiger partial charge >= 0.3 is 0 Å². The topological polar surface area (TPSA) is 79.3 Å². The van der Waals surface area contributed by atoms with Gasteiger partial charge in [0, 0.05) is 12.0 Å². The fourth-order valence-electron chi connectivity index (χ4n) is 3.89. The second-order valence-corrected chi connectivity index (χ2v) is 7.32. The number of carbonyl (C=O) groups is 1. The van der Waals surface area contributed by atoms with E-state index in [-0.39, 0.29) is 6.10 Å². The van der Waals surface area contributed by atoms with Gasteiger partial charge in [0.2, 0.25) is 0 Å². The molecule has 0 aromatic heterocycles. The lowest BCUT2D eigenvalue weighted by Crippen LogP contribution is -2.59. The number of aliphatic hydroxyl groups is 2. The van der Waals surface area contributed by atoms with Crippen LogP contribution < -0.4 is 0 Å². The van der Waals surface area contributed by atoms with E-state index < -0.39 is 29.5 Å². The minimum Gasteiger partial charge on any atom is -0.390 e. The lowest BCUT2D eigenvalue weighted by atomic mass is 9.72. The van der Waals surface area contributed by atoms with Crippen molar-refractivity contribution in [1.82, 2.24) is 0 Å². The van der Waals surface area contributed by atoms with Crippen molar-refractivity contribution >= 4 is 6.29 Å². The van der Waals surface area contributed by atoms with Gasteiger partial charge in [-0.15, -0.1) is 0 Å². The molecule has 0 bridgehead atoms. The summed E-state index contributed by atoms with van der Waals surface area (Å²) in [4.78, 5) is 11.7. The Balaban J connectivity index is 1.92. The molecule has 0 unspecified atom stereocenters. The minimum atomic E-state index is -0.759. The van der Waals surface area contributed by atoms with E-state index in [9.17, 15) is 15.0 Å². The van der Waals surface area contributed by atoms with Crippen LogP contribution in [0.3, 0.4) is 0 Å². The average molecular weight is 310 g/mol. The van der Waals surface area contributed by atoms with Gasteiger partial charge in [-0.3, -0.25) is 4.79 Å². The van der Waals surface area contributed by atoms with E-state index in [1.165, 1.54) is 0 Å². The van der Waals surface area contributed by atoms with Crippen molar-refractivity contribution in [2.45, 2.75) is 88.5 Å². The van der Waals surface area contributed by atoms with Crippen molar-refractivity contribution in [3.8, 4) is 0 Å². The Kier molecular flexibility index (Phi) is 3.96. The van der Waals surface area contributed by atoms with Gasteiger partial charge in [0.15, 0.2) is 0 Å². The monoisotopic (exact) mass is 310 g/mol. The molecule has 2 fully saturated rings. The van der Waals surface area contributed by atoms with Gasteiger partial charge < -0.3 is 19.7 Å². The highest BCUT2D eigenvalue weighted by molar-refractivity contribution is 5.78. The van der Waals surface area contributed by atoms with Gasteiger partial charge in [0.05, 0.1) is 11.7 Å². The van der Waals surface area contributed by atoms with Crippen LogP contribution >= 0.6 is 0 Å². The second kappa shape index (κ2) is 5.41. The predicted octanol–water partition coefficient (Wildman–Crippen LogP) is 1.50. The van der Waals surface area contributed by atoms with Crippen LogP contribution in [-0.4, -0.2) is 52.1 Å². The smallest absolute Gasteiger partial charge is 0.148 e. The number of unbranched alkanes of at least 4 members (excludes halogenated alkanes) is 2. The molecule has 5 nitrogen and oxygen atoms in total. The summed E-state index contributed by atoms with van der Waals surface area (Å²) in [6.45, 7) is 5.77. The molecule has 3 aliphatic rings. The molecule has 124 valence electrons. The summed E-state index contributed by atoms with van der Waals surface area (Å²) < 4.78 is 11.8. The minimum absolute atomic E-state index is 0.358. The van der Waals surface area contributed by atoms with Crippen LogP contribution in [-0.2, 0) is 14.3 Å². The van der Waals surface area contributed by atoms with Crippen LogP contribution in [0.1, 0.15) is 52.9 Å². The highest BCUT2D eigenvalue weighted by Gasteiger charge is 2.72. The Hall–Kier alpha value is -0.750. The molecular weight excluding hydrogens is 284 g/mol. The van der Waals surface area contributed by atoms with Gasteiger partial charge in [-0.25, -0.2) is 0 Å². The molecule has 2 N–H and O–H groups in total. The molecule has 2 aliphatic heterocycles. The lowest BCUT2D eigenvalue weighted by Gasteiger charge is -2.46. The number of epoxide rings is 1. The van der Waals surface area contributed by atoms with Gasteiger partial charge in [0.25, 0.3) is 0 Å². The third-order valence-electron chi connectivity index (χ3n) is 5.42. The number of hydrogen-bond acceptors (Lipinski definition) is 5. The quantitative estimate of drug-likeness (QED) is 0.457. The zero-order chi connectivity index (χ0) is 16.1. The Labute approximate surface area is 131 Å². The lowest BCUT2D eigenvalue weighted by molar-refractivity contribution is -0.189. The Bertz CT molecular complexity index is 497. The Morgan fingerprint density at radius 3 is 2.64 bits per heavy atom. The first-order valence-corrected chi connectivity index (χ1v) is 8.27. The zero-order valence-corrected chi connectivity index (χ0v) is 13.5. The summed E-state index contributed by atoms with van der Waals surface area (Å²) in [5, 5.41) is 20.8. The average Bonchev–Trinajstić information content (AvgIpc) is 3.18. The van der Waals surface area contributed by atoms with Crippen molar-refractivity contribution in [1.29, 1.82) is 0 Å². The third kappa shape index (κ3) is 2.26. The highest BCUT2D eigenvalue weighted by Crippen LogP contribution is 2.58. The molecule has 5 atom stereocenters. The van der Waals surface area contributed by atoms with Crippen LogP contribution in [0.4, 0.5) is 0 Å². The van der Waals surface area contributed by atoms with Crippen molar-refractivity contribution in [3.05, 3.63) is 11.1 Å². The molecule has 0 aromatic carbocycles. The van der Waals surface area contributed by atoms with Gasteiger partial charge in [-0.05, 0) is 32.3 Å². The van der Waals surface area contributed by atoms with Crippen molar-refractivity contribution in [3.63, 3.8) is 0 Å². The first kappa shape index (κ1) is 16.1.